The molecular formula is C19H29N3O2. The van der Waals surface area contributed by atoms with E-state index in [9.17, 15) is 4.79 Å². The number of amides is 2. The van der Waals surface area contributed by atoms with Gasteiger partial charge in [0.25, 0.3) is 0 Å². The highest BCUT2D eigenvalue weighted by Gasteiger charge is 2.23. The molecule has 0 aliphatic carbocycles. The number of hydrogen-bond donors (Lipinski definition) is 2. The third-order valence-corrected chi connectivity index (χ3v) is 5.03. The number of carbonyl (C=O) groups excluding carboxylic acids is 1. The summed E-state index contributed by atoms with van der Waals surface area (Å²) in [5, 5.41) is 6.17. The predicted molar refractivity (Wildman–Crippen MR) is 95.1 cm³/mol. The summed E-state index contributed by atoms with van der Waals surface area (Å²) in [6.45, 7) is 4.47. The molecule has 2 saturated heterocycles. The second-order valence-electron chi connectivity index (χ2n) is 6.83. The zero-order valence-electron chi connectivity index (χ0n) is 14.4. The van der Waals surface area contributed by atoms with Crippen LogP contribution in [0.5, 0.6) is 0 Å². The Hall–Kier alpha value is -1.59. The first kappa shape index (κ1) is 17.2. The topological polar surface area (TPSA) is 53.6 Å². The van der Waals surface area contributed by atoms with Gasteiger partial charge in [0, 0.05) is 31.8 Å². The number of urea groups is 1. The van der Waals surface area contributed by atoms with Gasteiger partial charge in [-0.25, -0.2) is 4.79 Å². The summed E-state index contributed by atoms with van der Waals surface area (Å²) in [4.78, 5) is 14.7. The molecule has 5 heteroatoms. The number of benzene rings is 1. The van der Waals surface area contributed by atoms with Crippen molar-refractivity contribution < 1.29 is 9.53 Å². The highest BCUT2D eigenvalue weighted by Crippen LogP contribution is 2.15. The Labute approximate surface area is 144 Å². The molecule has 1 aromatic carbocycles. The zero-order valence-corrected chi connectivity index (χ0v) is 14.4. The van der Waals surface area contributed by atoms with Crippen LogP contribution < -0.4 is 10.6 Å². The summed E-state index contributed by atoms with van der Waals surface area (Å²) >= 11 is 0. The van der Waals surface area contributed by atoms with E-state index in [0.29, 0.717) is 12.6 Å². The molecule has 5 nitrogen and oxygen atoms in total. The molecule has 0 radical (unpaired) electrons. The van der Waals surface area contributed by atoms with Crippen molar-refractivity contribution in [3.63, 3.8) is 0 Å². The Morgan fingerprint density at radius 3 is 2.58 bits per heavy atom. The molecule has 132 valence electrons. The van der Waals surface area contributed by atoms with E-state index in [1.54, 1.807) is 0 Å². The fourth-order valence-corrected chi connectivity index (χ4v) is 3.61. The van der Waals surface area contributed by atoms with Gasteiger partial charge in [0.1, 0.15) is 0 Å². The average Bonchev–Trinajstić information content (AvgIpc) is 3.15. The Morgan fingerprint density at radius 1 is 1.17 bits per heavy atom. The van der Waals surface area contributed by atoms with Crippen LogP contribution in [0.25, 0.3) is 0 Å². The molecule has 2 fully saturated rings. The maximum Gasteiger partial charge on any atom is 0.315 e. The second kappa shape index (κ2) is 9.04. The first-order valence-electron chi connectivity index (χ1n) is 9.21. The van der Waals surface area contributed by atoms with E-state index >= 15 is 0 Å². The Morgan fingerprint density at radius 2 is 1.88 bits per heavy atom. The van der Waals surface area contributed by atoms with Crippen LogP contribution in [-0.4, -0.2) is 55.9 Å². The monoisotopic (exact) mass is 331 g/mol. The molecular weight excluding hydrogens is 302 g/mol. The van der Waals surface area contributed by atoms with Crippen molar-refractivity contribution in [3.05, 3.63) is 35.9 Å². The third kappa shape index (κ3) is 5.21. The molecule has 2 aliphatic rings. The summed E-state index contributed by atoms with van der Waals surface area (Å²) < 4.78 is 5.33. The number of likely N-dealkylation sites (tertiary alicyclic amines) is 1. The lowest BCUT2D eigenvalue weighted by atomic mass is 10.0. The number of ether oxygens (including phenoxy) is 1. The van der Waals surface area contributed by atoms with Gasteiger partial charge in [-0.2, -0.15) is 0 Å². The molecule has 0 spiro atoms. The van der Waals surface area contributed by atoms with E-state index in [4.69, 9.17) is 4.74 Å². The molecule has 1 unspecified atom stereocenters. The quantitative estimate of drug-likeness (QED) is 0.840. The first-order chi connectivity index (χ1) is 11.8. The summed E-state index contributed by atoms with van der Waals surface area (Å²) in [7, 11) is 0. The van der Waals surface area contributed by atoms with Crippen LogP contribution in [0.4, 0.5) is 4.79 Å². The number of hydrogen-bond acceptors (Lipinski definition) is 3. The van der Waals surface area contributed by atoms with Gasteiger partial charge in [0.05, 0.1) is 0 Å². The maximum atomic E-state index is 12.2. The van der Waals surface area contributed by atoms with E-state index in [-0.39, 0.29) is 12.1 Å². The molecule has 1 aromatic rings. The summed E-state index contributed by atoms with van der Waals surface area (Å²) in [5.41, 5.74) is 1.33. The standard InChI is InChI=1S/C19H29N3O2/c23-19(21-17-8-12-24-13-9-17)20-15-18(22-10-4-5-11-22)14-16-6-2-1-3-7-16/h1-3,6-7,17-18H,4-5,8-15H2,(H2,20,21,23). The lowest BCUT2D eigenvalue weighted by molar-refractivity contribution is 0.0800. The minimum absolute atomic E-state index is 0.0424. The van der Waals surface area contributed by atoms with Gasteiger partial charge >= 0.3 is 6.03 Å². The van der Waals surface area contributed by atoms with Crippen molar-refractivity contribution in [3.8, 4) is 0 Å². The molecule has 3 rings (SSSR count). The van der Waals surface area contributed by atoms with Gasteiger partial charge in [-0.15, -0.1) is 0 Å². The maximum absolute atomic E-state index is 12.2. The second-order valence-corrected chi connectivity index (χ2v) is 6.83. The van der Waals surface area contributed by atoms with Crippen LogP contribution in [-0.2, 0) is 11.2 Å². The molecule has 1 atom stereocenters. The van der Waals surface area contributed by atoms with Crippen molar-refractivity contribution in [1.29, 1.82) is 0 Å². The van der Waals surface area contributed by atoms with Gasteiger partial charge in [-0.1, -0.05) is 30.3 Å². The minimum Gasteiger partial charge on any atom is -0.381 e. The van der Waals surface area contributed by atoms with Crippen molar-refractivity contribution in [1.82, 2.24) is 15.5 Å². The molecule has 24 heavy (non-hydrogen) atoms. The highest BCUT2D eigenvalue weighted by molar-refractivity contribution is 5.74. The fraction of sp³-hybridized carbons (Fsp3) is 0.632. The molecule has 0 aromatic heterocycles. The van der Waals surface area contributed by atoms with Crippen LogP contribution in [0, 0.1) is 0 Å². The summed E-state index contributed by atoms with van der Waals surface area (Å²) in [6.07, 6.45) is 5.33. The van der Waals surface area contributed by atoms with Gasteiger partial charge in [0.15, 0.2) is 0 Å². The summed E-state index contributed by atoms with van der Waals surface area (Å²) in [6, 6.07) is 11.1. The van der Waals surface area contributed by atoms with Crippen molar-refractivity contribution in [2.24, 2.45) is 0 Å². The number of nitrogens with zero attached hydrogens (tertiary/aromatic N) is 1. The number of nitrogens with one attached hydrogen (secondary N) is 2. The Kier molecular flexibility index (Phi) is 6.49. The third-order valence-electron chi connectivity index (χ3n) is 5.03. The van der Waals surface area contributed by atoms with Crippen LogP contribution in [0.2, 0.25) is 0 Å². The Bertz CT molecular complexity index is 497. The lowest BCUT2D eigenvalue weighted by Gasteiger charge is -2.29. The van der Waals surface area contributed by atoms with Crippen LogP contribution in [0.15, 0.2) is 30.3 Å². The first-order valence-corrected chi connectivity index (χ1v) is 9.21. The lowest BCUT2D eigenvalue weighted by Crippen LogP contribution is -2.49. The molecule has 2 heterocycles. The number of rotatable bonds is 6. The average molecular weight is 331 g/mol. The van der Waals surface area contributed by atoms with Gasteiger partial charge < -0.3 is 15.4 Å². The minimum atomic E-state index is -0.0424. The molecule has 2 amide bonds. The van der Waals surface area contributed by atoms with Gasteiger partial charge in [0.2, 0.25) is 0 Å². The van der Waals surface area contributed by atoms with Crippen LogP contribution >= 0.6 is 0 Å². The van der Waals surface area contributed by atoms with E-state index in [1.807, 2.05) is 6.07 Å². The summed E-state index contributed by atoms with van der Waals surface area (Å²) in [5.74, 6) is 0. The van der Waals surface area contributed by atoms with Crippen LogP contribution in [0.3, 0.4) is 0 Å². The van der Waals surface area contributed by atoms with E-state index < -0.39 is 0 Å². The zero-order chi connectivity index (χ0) is 16.6. The SMILES string of the molecule is O=C(NCC(Cc1ccccc1)N1CCCC1)NC1CCOCC1. The molecule has 2 aliphatic heterocycles. The molecule has 2 N–H and O–H groups in total. The van der Waals surface area contributed by atoms with Crippen molar-refractivity contribution in [2.75, 3.05) is 32.8 Å². The van der Waals surface area contributed by atoms with E-state index in [1.165, 1.54) is 18.4 Å². The normalized spacial score (nSPS) is 20.7. The van der Waals surface area contributed by atoms with Gasteiger partial charge in [-0.05, 0) is 50.8 Å². The van der Waals surface area contributed by atoms with Crippen molar-refractivity contribution in [2.45, 2.75) is 44.2 Å². The smallest absolute Gasteiger partial charge is 0.315 e. The van der Waals surface area contributed by atoms with E-state index in [0.717, 1.165) is 45.6 Å². The van der Waals surface area contributed by atoms with Crippen LogP contribution in [0.1, 0.15) is 31.2 Å². The Balaban J connectivity index is 1.50. The highest BCUT2D eigenvalue weighted by atomic mass is 16.5. The van der Waals surface area contributed by atoms with Crippen molar-refractivity contribution >= 4 is 6.03 Å². The predicted octanol–water partition coefficient (Wildman–Crippen LogP) is 2.17. The van der Waals surface area contributed by atoms with E-state index in [2.05, 4.69) is 39.8 Å². The molecule has 0 bridgehead atoms. The van der Waals surface area contributed by atoms with Gasteiger partial charge in [-0.3, -0.25) is 4.90 Å². The largest absolute Gasteiger partial charge is 0.381 e. The molecule has 0 saturated carbocycles. The number of carbonyl (C=O) groups is 1. The fourth-order valence-electron chi connectivity index (χ4n) is 3.61.